The van der Waals surface area contributed by atoms with Crippen molar-refractivity contribution >= 4 is 26.2 Å². The Morgan fingerprint density at radius 2 is 0.739 bits per heavy atom. The van der Waals surface area contributed by atoms with Gasteiger partial charge in [-0.25, -0.2) is 0 Å². The zero-order valence-electron chi connectivity index (χ0n) is 13.4. The molecule has 23 heavy (non-hydrogen) atoms. The Morgan fingerprint density at radius 3 is 0.957 bits per heavy atom. The van der Waals surface area contributed by atoms with E-state index in [2.05, 4.69) is 36.4 Å². The summed E-state index contributed by atoms with van der Waals surface area (Å²) < 4.78 is 16.1. The van der Waals surface area contributed by atoms with E-state index in [-0.39, 0.29) is 0 Å². The molecule has 0 N–H and O–H groups in total. The minimum absolute atomic E-state index is 1.11. The van der Waals surface area contributed by atoms with E-state index in [0.29, 0.717) is 0 Å². The van der Waals surface area contributed by atoms with Gasteiger partial charge in [-0.1, -0.05) is 0 Å². The maximum absolute atomic E-state index is 6.39. The number of rotatable bonds is 5. The van der Waals surface area contributed by atoms with E-state index in [4.69, 9.17) is 7.45 Å². The van der Waals surface area contributed by atoms with Gasteiger partial charge in [0.25, 0.3) is 0 Å². The molecule has 0 saturated carbocycles. The molecule has 0 aromatic heterocycles. The fourth-order valence-corrected chi connectivity index (χ4v) is 12.6. The average Bonchev–Trinajstić information content (AvgIpc) is 2.67. The Balaban J connectivity index is 2.46. The Labute approximate surface area is 139 Å². The van der Waals surface area contributed by atoms with Gasteiger partial charge in [0.1, 0.15) is 0 Å². The fraction of sp³-hybridized carbons (Fsp3) is 0.100. The standard InChI is InChI=1S/C20H21AsO2/c1-22-21(23-2,18-12-6-3-7-13-18,19-14-8-4-9-15-19)20-16-10-5-11-17-20/h3-17H,1-2H3. The quantitative estimate of drug-likeness (QED) is 0.644. The van der Waals surface area contributed by atoms with Crippen molar-refractivity contribution in [1.82, 2.24) is 0 Å². The third-order valence-electron chi connectivity index (χ3n) is 4.37. The average molecular weight is 368 g/mol. The SMILES string of the molecule is CO[As](OC)(c1ccccc1)(c1ccccc1)c1ccccc1. The molecule has 0 bridgehead atoms. The van der Waals surface area contributed by atoms with Crippen LogP contribution in [0.5, 0.6) is 0 Å². The Kier molecular flexibility index (Phi) is 4.41. The first-order valence-corrected chi connectivity index (χ1v) is 11.9. The summed E-state index contributed by atoms with van der Waals surface area (Å²) in [5.74, 6) is 0. The van der Waals surface area contributed by atoms with Crippen LogP contribution in [0.1, 0.15) is 0 Å². The number of benzene rings is 3. The van der Waals surface area contributed by atoms with Gasteiger partial charge in [0, 0.05) is 0 Å². The van der Waals surface area contributed by atoms with E-state index in [9.17, 15) is 0 Å². The molecule has 0 spiro atoms. The topological polar surface area (TPSA) is 18.5 Å². The third kappa shape index (κ3) is 2.26. The van der Waals surface area contributed by atoms with Crippen molar-refractivity contribution in [2.45, 2.75) is 0 Å². The molecule has 0 amide bonds. The van der Waals surface area contributed by atoms with Crippen LogP contribution < -0.4 is 13.1 Å². The van der Waals surface area contributed by atoms with Crippen LogP contribution in [0.15, 0.2) is 91.0 Å². The molecule has 3 aromatic rings. The van der Waals surface area contributed by atoms with E-state index in [1.54, 1.807) is 14.2 Å². The molecule has 0 saturated heterocycles. The molecular weight excluding hydrogens is 347 g/mol. The Hall–Kier alpha value is -1.86. The normalized spacial score (nSPS) is 13.2. The summed E-state index contributed by atoms with van der Waals surface area (Å²) >= 11 is -4.13. The van der Waals surface area contributed by atoms with Crippen LogP contribution >= 0.6 is 0 Å². The number of hydrogen-bond donors (Lipinski definition) is 0. The van der Waals surface area contributed by atoms with Gasteiger partial charge in [0.15, 0.2) is 0 Å². The van der Waals surface area contributed by atoms with Crippen molar-refractivity contribution in [3.8, 4) is 0 Å². The summed E-state index contributed by atoms with van der Waals surface area (Å²) in [5.41, 5.74) is 0. The second-order valence-corrected chi connectivity index (χ2v) is 14.1. The Bertz CT molecular complexity index is 650. The van der Waals surface area contributed by atoms with Gasteiger partial charge in [-0.2, -0.15) is 0 Å². The maximum atomic E-state index is 6.39. The van der Waals surface area contributed by atoms with Crippen molar-refractivity contribution in [1.29, 1.82) is 0 Å². The first kappa shape index (κ1) is 16.0. The molecule has 0 unspecified atom stereocenters. The van der Waals surface area contributed by atoms with Crippen LogP contribution in [0.3, 0.4) is 0 Å². The number of hydrogen-bond acceptors (Lipinski definition) is 2. The first-order valence-electron chi connectivity index (χ1n) is 7.58. The van der Waals surface area contributed by atoms with Gasteiger partial charge < -0.3 is 0 Å². The van der Waals surface area contributed by atoms with Crippen molar-refractivity contribution in [2.75, 3.05) is 14.2 Å². The van der Waals surface area contributed by atoms with Crippen molar-refractivity contribution < 1.29 is 7.45 Å². The monoisotopic (exact) mass is 368 g/mol. The zero-order chi connectivity index (χ0) is 16.2. The van der Waals surface area contributed by atoms with Crippen molar-refractivity contribution in [3.05, 3.63) is 91.0 Å². The van der Waals surface area contributed by atoms with Gasteiger partial charge in [-0.3, -0.25) is 0 Å². The predicted molar refractivity (Wildman–Crippen MR) is 98.0 cm³/mol. The minimum atomic E-state index is -4.13. The van der Waals surface area contributed by atoms with E-state index < -0.39 is 13.1 Å². The summed E-state index contributed by atoms with van der Waals surface area (Å²) in [6.45, 7) is 0. The van der Waals surface area contributed by atoms with Gasteiger partial charge in [0.05, 0.1) is 0 Å². The molecule has 3 rings (SSSR count). The van der Waals surface area contributed by atoms with Crippen LogP contribution in [0.4, 0.5) is 0 Å². The van der Waals surface area contributed by atoms with Crippen molar-refractivity contribution in [3.63, 3.8) is 0 Å². The Morgan fingerprint density at radius 1 is 0.478 bits per heavy atom. The predicted octanol–water partition coefficient (Wildman–Crippen LogP) is 2.40. The zero-order valence-corrected chi connectivity index (χ0v) is 15.3. The summed E-state index contributed by atoms with van der Waals surface area (Å²) in [5, 5.41) is 0. The summed E-state index contributed by atoms with van der Waals surface area (Å²) in [6, 6.07) is 31.0. The van der Waals surface area contributed by atoms with Crippen LogP contribution in [-0.2, 0) is 7.45 Å². The molecular formula is C20H21AsO2. The second-order valence-electron chi connectivity index (χ2n) is 5.33. The molecule has 3 aromatic carbocycles. The van der Waals surface area contributed by atoms with E-state index in [1.807, 2.05) is 54.6 Å². The van der Waals surface area contributed by atoms with Crippen LogP contribution in [0.2, 0.25) is 0 Å². The van der Waals surface area contributed by atoms with E-state index in [1.165, 1.54) is 0 Å². The molecule has 0 fully saturated rings. The third-order valence-corrected chi connectivity index (χ3v) is 15.1. The molecule has 0 aliphatic rings. The summed E-state index contributed by atoms with van der Waals surface area (Å²) in [4.78, 5) is 0. The molecule has 118 valence electrons. The van der Waals surface area contributed by atoms with Gasteiger partial charge in [-0.15, -0.1) is 0 Å². The molecule has 0 radical (unpaired) electrons. The van der Waals surface area contributed by atoms with Gasteiger partial charge in [-0.05, 0) is 0 Å². The second kappa shape index (κ2) is 6.33. The molecule has 0 aliphatic heterocycles. The van der Waals surface area contributed by atoms with Crippen LogP contribution in [0, 0.1) is 0 Å². The molecule has 3 heteroatoms. The van der Waals surface area contributed by atoms with Crippen LogP contribution in [0.25, 0.3) is 0 Å². The fourth-order valence-electron chi connectivity index (χ4n) is 3.25. The first-order chi connectivity index (χ1) is 11.3. The van der Waals surface area contributed by atoms with Gasteiger partial charge >= 0.3 is 139 Å². The summed E-state index contributed by atoms with van der Waals surface area (Å²) in [6.07, 6.45) is 0. The van der Waals surface area contributed by atoms with Crippen LogP contribution in [-0.4, -0.2) is 27.4 Å². The van der Waals surface area contributed by atoms with E-state index >= 15 is 0 Å². The molecule has 2 nitrogen and oxygen atoms in total. The molecule has 0 heterocycles. The van der Waals surface area contributed by atoms with Crippen molar-refractivity contribution in [2.24, 2.45) is 0 Å². The van der Waals surface area contributed by atoms with Gasteiger partial charge in [0.2, 0.25) is 0 Å². The molecule has 0 atom stereocenters. The molecule has 0 aliphatic carbocycles. The summed E-state index contributed by atoms with van der Waals surface area (Å²) in [7, 11) is 3.53. The van der Waals surface area contributed by atoms with E-state index in [0.717, 1.165) is 13.1 Å².